The zero-order valence-corrected chi connectivity index (χ0v) is 14.3. The zero-order chi connectivity index (χ0) is 16.9. The summed E-state index contributed by atoms with van der Waals surface area (Å²) >= 11 is 0. The smallest absolute Gasteiger partial charge is 0.0963 e. The summed E-state index contributed by atoms with van der Waals surface area (Å²) in [5, 5.41) is 19.0. The molecule has 0 aliphatic heterocycles. The van der Waals surface area contributed by atoms with Crippen molar-refractivity contribution >= 4 is 0 Å². The largest absolute Gasteiger partial charge is 0.395 e. The summed E-state index contributed by atoms with van der Waals surface area (Å²) in [6.45, 7) is 2.00. The Kier molecular flexibility index (Phi) is 10.4. The van der Waals surface area contributed by atoms with Crippen LogP contribution in [0.15, 0.2) is 24.3 Å². The first kappa shape index (κ1) is 19.7. The molecular formula is C20H31NO2. The van der Waals surface area contributed by atoms with Crippen molar-refractivity contribution in [3.8, 4) is 11.8 Å². The Morgan fingerprint density at radius 1 is 1.09 bits per heavy atom. The minimum Gasteiger partial charge on any atom is -0.395 e. The Hall–Kier alpha value is -1.34. The van der Waals surface area contributed by atoms with Gasteiger partial charge in [0, 0.05) is 12.0 Å². The quantitative estimate of drug-likeness (QED) is 0.457. The van der Waals surface area contributed by atoms with Crippen LogP contribution in [-0.4, -0.2) is 22.9 Å². The van der Waals surface area contributed by atoms with Crippen LogP contribution in [0.3, 0.4) is 0 Å². The standard InChI is InChI=1S/C20H31NO2/c1-2-3-4-5-6-7-8-9-10-12-17-13-11-14-18(15-17)20(23)19(21)16-22/h11,13-15,19-20,22-23H,2-9,16,21H2,1H3/t19-,20+/m0/s1. The lowest BCUT2D eigenvalue weighted by Gasteiger charge is -2.16. The molecule has 0 aliphatic carbocycles. The zero-order valence-electron chi connectivity index (χ0n) is 14.3. The monoisotopic (exact) mass is 317 g/mol. The average Bonchev–Trinajstić information content (AvgIpc) is 2.59. The first-order valence-electron chi connectivity index (χ1n) is 8.82. The predicted molar refractivity (Wildman–Crippen MR) is 96.0 cm³/mol. The van der Waals surface area contributed by atoms with Crippen molar-refractivity contribution in [3.63, 3.8) is 0 Å². The highest BCUT2D eigenvalue weighted by molar-refractivity contribution is 5.38. The molecule has 1 rings (SSSR count). The number of hydrogen-bond acceptors (Lipinski definition) is 3. The van der Waals surface area contributed by atoms with Crippen LogP contribution in [0.1, 0.15) is 75.5 Å². The highest BCUT2D eigenvalue weighted by Crippen LogP contribution is 2.16. The first-order chi connectivity index (χ1) is 11.2. The average molecular weight is 317 g/mol. The first-order valence-corrected chi connectivity index (χ1v) is 8.82. The Morgan fingerprint density at radius 2 is 1.78 bits per heavy atom. The molecule has 1 aromatic rings. The molecule has 0 bridgehead atoms. The molecular weight excluding hydrogens is 286 g/mol. The molecule has 23 heavy (non-hydrogen) atoms. The predicted octanol–water partition coefficient (Wildman–Crippen LogP) is 3.53. The SMILES string of the molecule is CCCCCCCCCC#Cc1cccc([C@@H](O)[C@@H](N)CO)c1. The summed E-state index contributed by atoms with van der Waals surface area (Å²) in [7, 11) is 0. The van der Waals surface area contributed by atoms with E-state index in [1.165, 1.54) is 38.5 Å². The van der Waals surface area contributed by atoms with E-state index in [9.17, 15) is 5.11 Å². The van der Waals surface area contributed by atoms with Crippen LogP contribution < -0.4 is 5.73 Å². The molecule has 3 nitrogen and oxygen atoms in total. The second-order valence-electron chi connectivity index (χ2n) is 6.09. The Labute approximate surface area is 140 Å². The highest BCUT2D eigenvalue weighted by atomic mass is 16.3. The number of rotatable bonds is 10. The van der Waals surface area contributed by atoms with Gasteiger partial charge in [-0.05, 0) is 24.1 Å². The third-order valence-electron chi connectivity index (χ3n) is 3.98. The van der Waals surface area contributed by atoms with Gasteiger partial charge in [-0.2, -0.15) is 0 Å². The van der Waals surface area contributed by atoms with E-state index in [1.807, 2.05) is 24.3 Å². The Bertz CT molecular complexity index is 490. The van der Waals surface area contributed by atoms with Gasteiger partial charge in [-0.1, -0.05) is 69.4 Å². The van der Waals surface area contributed by atoms with Gasteiger partial charge in [-0.3, -0.25) is 0 Å². The third kappa shape index (κ3) is 8.18. The van der Waals surface area contributed by atoms with E-state index in [1.54, 1.807) is 0 Å². The molecule has 0 saturated carbocycles. The van der Waals surface area contributed by atoms with Crippen LogP contribution in [-0.2, 0) is 0 Å². The van der Waals surface area contributed by atoms with Gasteiger partial charge in [0.2, 0.25) is 0 Å². The summed E-state index contributed by atoms with van der Waals surface area (Å²) in [6, 6.07) is 6.78. The Balaban J connectivity index is 2.35. The topological polar surface area (TPSA) is 66.5 Å². The van der Waals surface area contributed by atoms with Gasteiger partial charge in [-0.15, -0.1) is 0 Å². The van der Waals surface area contributed by atoms with Crippen molar-refractivity contribution in [1.82, 2.24) is 0 Å². The van der Waals surface area contributed by atoms with E-state index in [4.69, 9.17) is 10.8 Å². The number of benzene rings is 1. The van der Waals surface area contributed by atoms with Gasteiger partial charge >= 0.3 is 0 Å². The minimum atomic E-state index is -0.857. The second-order valence-corrected chi connectivity index (χ2v) is 6.09. The van der Waals surface area contributed by atoms with Crippen molar-refractivity contribution in [1.29, 1.82) is 0 Å². The highest BCUT2D eigenvalue weighted by Gasteiger charge is 2.15. The molecule has 0 unspecified atom stereocenters. The maximum Gasteiger partial charge on any atom is 0.0963 e. The molecule has 0 heterocycles. The maximum atomic E-state index is 10.0. The van der Waals surface area contributed by atoms with Gasteiger partial charge in [0.25, 0.3) is 0 Å². The number of hydrogen-bond donors (Lipinski definition) is 3. The second kappa shape index (κ2) is 12.1. The van der Waals surface area contributed by atoms with Crippen LogP contribution in [0, 0.1) is 11.8 Å². The molecule has 0 amide bonds. The normalized spacial score (nSPS) is 13.2. The third-order valence-corrected chi connectivity index (χ3v) is 3.98. The van der Waals surface area contributed by atoms with Crippen LogP contribution >= 0.6 is 0 Å². The van der Waals surface area contributed by atoms with Crippen LogP contribution in [0.5, 0.6) is 0 Å². The van der Waals surface area contributed by atoms with Gasteiger partial charge in [0.15, 0.2) is 0 Å². The van der Waals surface area contributed by atoms with Crippen molar-refractivity contribution < 1.29 is 10.2 Å². The fourth-order valence-corrected chi connectivity index (χ4v) is 2.48. The summed E-state index contributed by atoms with van der Waals surface area (Å²) in [4.78, 5) is 0. The van der Waals surface area contributed by atoms with E-state index in [0.29, 0.717) is 5.56 Å². The summed E-state index contributed by atoms with van der Waals surface area (Å²) in [5.41, 5.74) is 7.25. The van der Waals surface area contributed by atoms with Gasteiger partial charge in [0.1, 0.15) is 0 Å². The van der Waals surface area contributed by atoms with E-state index >= 15 is 0 Å². The summed E-state index contributed by atoms with van der Waals surface area (Å²) in [5.74, 6) is 6.34. The fourth-order valence-electron chi connectivity index (χ4n) is 2.48. The lowest BCUT2D eigenvalue weighted by atomic mass is 10.0. The van der Waals surface area contributed by atoms with Crippen LogP contribution in [0.25, 0.3) is 0 Å². The molecule has 2 atom stereocenters. The molecule has 4 N–H and O–H groups in total. The molecule has 1 aromatic carbocycles. The van der Waals surface area contributed by atoms with Crippen molar-refractivity contribution in [2.24, 2.45) is 5.73 Å². The lowest BCUT2D eigenvalue weighted by molar-refractivity contribution is 0.109. The maximum absolute atomic E-state index is 10.0. The Morgan fingerprint density at radius 3 is 2.48 bits per heavy atom. The van der Waals surface area contributed by atoms with E-state index in [2.05, 4.69) is 18.8 Å². The fraction of sp³-hybridized carbons (Fsp3) is 0.600. The lowest BCUT2D eigenvalue weighted by Crippen LogP contribution is -2.31. The van der Waals surface area contributed by atoms with Crippen molar-refractivity contribution in [2.45, 2.75) is 70.4 Å². The van der Waals surface area contributed by atoms with E-state index in [0.717, 1.165) is 18.4 Å². The molecule has 0 spiro atoms. The summed E-state index contributed by atoms with van der Waals surface area (Å²) < 4.78 is 0. The number of unbranched alkanes of at least 4 members (excludes halogenated alkanes) is 7. The van der Waals surface area contributed by atoms with Gasteiger partial charge in [0.05, 0.1) is 18.8 Å². The molecule has 0 aliphatic rings. The van der Waals surface area contributed by atoms with E-state index in [-0.39, 0.29) is 6.61 Å². The number of aliphatic hydroxyl groups excluding tert-OH is 2. The molecule has 0 aromatic heterocycles. The van der Waals surface area contributed by atoms with Crippen molar-refractivity contribution in [3.05, 3.63) is 35.4 Å². The van der Waals surface area contributed by atoms with Gasteiger partial charge in [-0.25, -0.2) is 0 Å². The number of aliphatic hydroxyl groups is 2. The minimum absolute atomic E-state index is 0.241. The molecule has 128 valence electrons. The van der Waals surface area contributed by atoms with Crippen LogP contribution in [0.2, 0.25) is 0 Å². The molecule has 0 saturated heterocycles. The van der Waals surface area contributed by atoms with E-state index < -0.39 is 12.1 Å². The van der Waals surface area contributed by atoms with Gasteiger partial charge < -0.3 is 15.9 Å². The van der Waals surface area contributed by atoms with Crippen molar-refractivity contribution in [2.75, 3.05) is 6.61 Å². The number of nitrogens with two attached hydrogens (primary N) is 1. The van der Waals surface area contributed by atoms with Crippen LogP contribution in [0.4, 0.5) is 0 Å². The molecule has 3 heteroatoms. The molecule has 0 radical (unpaired) electrons. The molecule has 0 fully saturated rings. The summed E-state index contributed by atoms with van der Waals surface area (Å²) in [6.07, 6.45) is 9.10.